The van der Waals surface area contributed by atoms with E-state index in [1.54, 1.807) is 11.8 Å². The minimum absolute atomic E-state index is 0.0337. The molecule has 2 nitrogen and oxygen atoms in total. The van der Waals surface area contributed by atoms with Crippen LogP contribution in [0.2, 0.25) is 0 Å². The van der Waals surface area contributed by atoms with Crippen LogP contribution in [0.15, 0.2) is 29.2 Å². The van der Waals surface area contributed by atoms with E-state index in [0.29, 0.717) is 0 Å². The van der Waals surface area contributed by atoms with Crippen LogP contribution in [0, 0.1) is 5.92 Å². The standard InChI is InChI=1S/C12H16O2S/c1-9(2)10(13)8-14-11-6-4-5-7-12(11)15-3/h4-7,9H,8H2,1-3H3. The molecule has 0 N–H and O–H groups in total. The Balaban J connectivity index is 2.61. The average molecular weight is 224 g/mol. The maximum absolute atomic E-state index is 11.4. The Morgan fingerprint density at radius 2 is 2.07 bits per heavy atom. The molecule has 0 unspecified atom stereocenters. The van der Waals surface area contributed by atoms with Gasteiger partial charge < -0.3 is 4.74 Å². The zero-order valence-corrected chi connectivity index (χ0v) is 10.1. The van der Waals surface area contributed by atoms with E-state index >= 15 is 0 Å². The van der Waals surface area contributed by atoms with Crippen molar-refractivity contribution in [1.82, 2.24) is 0 Å². The number of benzene rings is 1. The van der Waals surface area contributed by atoms with Gasteiger partial charge in [0.05, 0.1) is 0 Å². The first-order valence-corrected chi connectivity index (χ1v) is 6.16. The number of ketones is 1. The van der Waals surface area contributed by atoms with Gasteiger partial charge in [-0.2, -0.15) is 0 Å². The van der Waals surface area contributed by atoms with Crippen molar-refractivity contribution in [3.8, 4) is 5.75 Å². The van der Waals surface area contributed by atoms with Crippen molar-refractivity contribution in [2.45, 2.75) is 18.7 Å². The van der Waals surface area contributed by atoms with Crippen LogP contribution in [0.1, 0.15) is 13.8 Å². The van der Waals surface area contributed by atoms with Gasteiger partial charge in [0, 0.05) is 10.8 Å². The molecule has 1 rings (SSSR count). The number of Topliss-reactive ketones (excluding diaryl/α,β-unsaturated/α-hetero) is 1. The van der Waals surface area contributed by atoms with Gasteiger partial charge in [-0.05, 0) is 18.4 Å². The molecule has 0 aliphatic carbocycles. The summed E-state index contributed by atoms with van der Waals surface area (Å²) in [6.45, 7) is 3.92. The highest BCUT2D eigenvalue weighted by molar-refractivity contribution is 7.98. The molecule has 0 aromatic heterocycles. The van der Waals surface area contributed by atoms with Crippen LogP contribution in [0.5, 0.6) is 5.75 Å². The highest BCUT2D eigenvalue weighted by Gasteiger charge is 2.09. The number of ether oxygens (including phenoxy) is 1. The molecule has 0 aliphatic rings. The monoisotopic (exact) mass is 224 g/mol. The molecular formula is C12H16O2S. The number of rotatable bonds is 5. The maximum Gasteiger partial charge on any atom is 0.172 e. The van der Waals surface area contributed by atoms with Gasteiger partial charge in [-0.1, -0.05) is 26.0 Å². The van der Waals surface area contributed by atoms with Crippen LogP contribution in [0.4, 0.5) is 0 Å². The van der Waals surface area contributed by atoms with Crippen molar-refractivity contribution < 1.29 is 9.53 Å². The van der Waals surface area contributed by atoms with Gasteiger partial charge in [0.25, 0.3) is 0 Å². The maximum atomic E-state index is 11.4. The van der Waals surface area contributed by atoms with E-state index < -0.39 is 0 Å². The van der Waals surface area contributed by atoms with Gasteiger partial charge in [0.2, 0.25) is 0 Å². The third-order valence-corrected chi connectivity index (χ3v) is 2.86. The van der Waals surface area contributed by atoms with Gasteiger partial charge in [-0.15, -0.1) is 11.8 Å². The first-order valence-electron chi connectivity index (χ1n) is 4.93. The van der Waals surface area contributed by atoms with Gasteiger partial charge in [0.1, 0.15) is 12.4 Å². The summed E-state index contributed by atoms with van der Waals surface area (Å²) in [6, 6.07) is 7.75. The number of carbonyl (C=O) groups excluding carboxylic acids is 1. The smallest absolute Gasteiger partial charge is 0.172 e. The van der Waals surface area contributed by atoms with Gasteiger partial charge in [-0.3, -0.25) is 4.79 Å². The van der Waals surface area contributed by atoms with E-state index in [-0.39, 0.29) is 18.3 Å². The molecular weight excluding hydrogens is 208 g/mol. The van der Waals surface area contributed by atoms with Crippen LogP contribution in [0.3, 0.4) is 0 Å². The molecule has 0 saturated carbocycles. The van der Waals surface area contributed by atoms with Crippen LogP contribution in [0.25, 0.3) is 0 Å². The largest absolute Gasteiger partial charge is 0.485 e. The number of thioether (sulfide) groups is 1. The second-order valence-electron chi connectivity index (χ2n) is 3.56. The summed E-state index contributed by atoms with van der Waals surface area (Å²) in [7, 11) is 0. The van der Waals surface area contributed by atoms with Gasteiger partial charge >= 0.3 is 0 Å². The van der Waals surface area contributed by atoms with Crippen molar-refractivity contribution in [2.75, 3.05) is 12.9 Å². The van der Waals surface area contributed by atoms with E-state index in [9.17, 15) is 4.79 Å². The third-order valence-electron chi connectivity index (χ3n) is 2.08. The molecule has 0 heterocycles. The summed E-state index contributed by atoms with van der Waals surface area (Å²) >= 11 is 1.62. The lowest BCUT2D eigenvalue weighted by molar-refractivity contribution is -0.123. The van der Waals surface area contributed by atoms with Crippen molar-refractivity contribution in [2.24, 2.45) is 5.92 Å². The second kappa shape index (κ2) is 5.81. The molecule has 15 heavy (non-hydrogen) atoms. The fraction of sp³-hybridized carbons (Fsp3) is 0.417. The molecule has 0 radical (unpaired) electrons. The Kier molecular flexibility index (Phi) is 4.69. The molecule has 1 aromatic rings. The predicted octanol–water partition coefficient (Wildman–Crippen LogP) is 3.01. The molecule has 0 atom stereocenters. The summed E-state index contributed by atoms with van der Waals surface area (Å²) in [5.41, 5.74) is 0. The summed E-state index contributed by atoms with van der Waals surface area (Å²) in [4.78, 5) is 12.4. The van der Waals surface area contributed by atoms with Crippen LogP contribution in [-0.4, -0.2) is 18.6 Å². The Bertz CT molecular complexity index is 334. The Morgan fingerprint density at radius 3 is 2.67 bits per heavy atom. The Hall–Kier alpha value is -0.960. The Labute approximate surface area is 95.0 Å². The lowest BCUT2D eigenvalue weighted by Crippen LogP contribution is -2.16. The predicted molar refractivity (Wildman–Crippen MR) is 63.6 cm³/mol. The van der Waals surface area contributed by atoms with Crippen LogP contribution >= 0.6 is 11.8 Å². The molecule has 0 aliphatic heterocycles. The fourth-order valence-corrected chi connectivity index (χ4v) is 1.60. The molecule has 82 valence electrons. The highest BCUT2D eigenvalue weighted by atomic mass is 32.2. The topological polar surface area (TPSA) is 26.3 Å². The van der Waals surface area contributed by atoms with E-state index in [1.807, 2.05) is 44.4 Å². The van der Waals surface area contributed by atoms with Crippen LogP contribution in [-0.2, 0) is 4.79 Å². The minimum atomic E-state index is 0.0337. The zero-order valence-electron chi connectivity index (χ0n) is 9.32. The molecule has 3 heteroatoms. The number of hydrogen-bond acceptors (Lipinski definition) is 3. The average Bonchev–Trinajstić information content (AvgIpc) is 2.26. The fourth-order valence-electron chi connectivity index (χ4n) is 1.05. The molecule has 0 spiro atoms. The SMILES string of the molecule is CSc1ccccc1OCC(=O)C(C)C. The quantitative estimate of drug-likeness (QED) is 0.719. The first kappa shape index (κ1) is 12.1. The van der Waals surface area contributed by atoms with Gasteiger partial charge in [-0.25, -0.2) is 0 Å². The summed E-state index contributed by atoms with van der Waals surface area (Å²) in [5, 5.41) is 0. The van der Waals surface area contributed by atoms with Gasteiger partial charge in [0.15, 0.2) is 5.78 Å². The summed E-state index contributed by atoms with van der Waals surface area (Å²) in [5.74, 6) is 0.955. The molecule has 0 amide bonds. The normalized spacial score (nSPS) is 10.4. The number of para-hydroxylation sites is 1. The number of hydrogen-bond donors (Lipinski definition) is 0. The van der Waals surface area contributed by atoms with Crippen molar-refractivity contribution in [1.29, 1.82) is 0 Å². The Morgan fingerprint density at radius 1 is 1.40 bits per heavy atom. The lowest BCUT2D eigenvalue weighted by atomic mass is 10.1. The zero-order chi connectivity index (χ0) is 11.3. The molecule has 0 bridgehead atoms. The summed E-state index contributed by atoms with van der Waals surface area (Å²) in [6.07, 6.45) is 1.99. The first-order chi connectivity index (χ1) is 7.15. The van der Waals surface area contributed by atoms with Crippen LogP contribution < -0.4 is 4.74 Å². The highest BCUT2D eigenvalue weighted by Crippen LogP contribution is 2.26. The molecule has 0 saturated heterocycles. The van der Waals surface area contributed by atoms with Crippen molar-refractivity contribution >= 4 is 17.5 Å². The van der Waals surface area contributed by atoms with E-state index in [2.05, 4.69) is 0 Å². The molecule has 1 aromatic carbocycles. The minimum Gasteiger partial charge on any atom is -0.485 e. The molecule has 0 fully saturated rings. The third kappa shape index (κ3) is 3.59. The lowest BCUT2D eigenvalue weighted by Gasteiger charge is -2.10. The summed E-state index contributed by atoms with van der Waals surface area (Å²) < 4.78 is 5.48. The van der Waals surface area contributed by atoms with Crippen molar-refractivity contribution in [3.63, 3.8) is 0 Å². The van der Waals surface area contributed by atoms with E-state index in [1.165, 1.54) is 0 Å². The second-order valence-corrected chi connectivity index (χ2v) is 4.41. The van der Waals surface area contributed by atoms with E-state index in [0.717, 1.165) is 10.6 Å². The van der Waals surface area contributed by atoms with E-state index in [4.69, 9.17) is 4.74 Å². The van der Waals surface area contributed by atoms with Crippen molar-refractivity contribution in [3.05, 3.63) is 24.3 Å². The number of carbonyl (C=O) groups is 1.